The first-order valence-electron chi connectivity index (χ1n) is 4.26. The van der Waals surface area contributed by atoms with Crippen LogP contribution in [0.15, 0.2) is 24.5 Å². The zero-order valence-electron chi connectivity index (χ0n) is 7.76. The molecule has 12 heavy (non-hydrogen) atoms. The molecule has 1 N–H and O–H groups in total. The fourth-order valence-corrected chi connectivity index (χ4v) is 1.05. The molecule has 0 fully saturated rings. The molecule has 0 aliphatic carbocycles. The lowest BCUT2D eigenvalue weighted by Crippen LogP contribution is -1.76. The standard InChI is InChI=1S/C8H8N2.C2H6.H2/c1-6-4-7-2-3-9-8(7)10-5-6;1-2;/h2-5H,1H3,(H,9,10);1-2H3;1H. The Morgan fingerprint density at radius 2 is 2.17 bits per heavy atom. The molecule has 2 aromatic heterocycles. The van der Waals surface area contributed by atoms with E-state index in [1.807, 2.05) is 39.2 Å². The highest BCUT2D eigenvalue weighted by atomic mass is 14.8. The third-order valence-electron chi connectivity index (χ3n) is 1.54. The van der Waals surface area contributed by atoms with Gasteiger partial charge in [-0.1, -0.05) is 13.8 Å². The van der Waals surface area contributed by atoms with Gasteiger partial charge in [0.2, 0.25) is 0 Å². The Morgan fingerprint density at radius 3 is 2.92 bits per heavy atom. The fourth-order valence-electron chi connectivity index (χ4n) is 1.05. The smallest absolute Gasteiger partial charge is 0.137 e. The Balaban J connectivity index is 0.000000451. The molecule has 0 aliphatic rings. The van der Waals surface area contributed by atoms with E-state index in [0.717, 1.165) is 5.65 Å². The SMILES string of the molecule is CC.Cc1cnc2[nH]ccc2c1.[HH]. The first kappa shape index (κ1) is 8.78. The van der Waals surface area contributed by atoms with Crippen LogP contribution in [0.5, 0.6) is 0 Å². The van der Waals surface area contributed by atoms with Crippen molar-refractivity contribution in [3.05, 3.63) is 30.1 Å². The first-order valence-corrected chi connectivity index (χ1v) is 4.26. The van der Waals surface area contributed by atoms with E-state index < -0.39 is 0 Å². The highest BCUT2D eigenvalue weighted by Gasteiger charge is 1.92. The van der Waals surface area contributed by atoms with Gasteiger partial charge in [-0.2, -0.15) is 0 Å². The zero-order valence-corrected chi connectivity index (χ0v) is 7.76. The monoisotopic (exact) mass is 164 g/mol. The van der Waals surface area contributed by atoms with Crippen molar-refractivity contribution < 1.29 is 1.43 Å². The van der Waals surface area contributed by atoms with E-state index in [1.165, 1.54) is 10.9 Å². The molecule has 0 bridgehead atoms. The largest absolute Gasteiger partial charge is 0.346 e. The molecule has 0 unspecified atom stereocenters. The van der Waals surface area contributed by atoms with E-state index in [4.69, 9.17) is 0 Å². The highest BCUT2D eigenvalue weighted by molar-refractivity contribution is 5.75. The van der Waals surface area contributed by atoms with Crippen LogP contribution in [-0.4, -0.2) is 9.97 Å². The normalized spacial score (nSPS) is 9.25. The number of aromatic amines is 1. The minimum atomic E-state index is 0. The summed E-state index contributed by atoms with van der Waals surface area (Å²) < 4.78 is 0. The summed E-state index contributed by atoms with van der Waals surface area (Å²) in [5, 5.41) is 1.18. The van der Waals surface area contributed by atoms with Crippen LogP contribution in [-0.2, 0) is 0 Å². The van der Waals surface area contributed by atoms with Crippen LogP contribution in [0.3, 0.4) is 0 Å². The maximum absolute atomic E-state index is 4.19. The van der Waals surface area contributed by atoms with E-state index in [1.54, 1.807) is 0 Å². The van der Waals surface area contributed by atoms with Crippen molar-refractivity contribution in [2.45, 2.75) is 20.8 Å². The molecular weight excluding hydrogens is 148 g/mol. The molecule has 0 saturated heterocycles. The molecule has 66 valence electrons. The molecule has 2 heteroatoms. The number of nitrogens with zero attached hydrogens (tertiary/aromatic N) is 1. The van der Waals surface area contributed by atoms with Crippen molar-refractivity contribution >= 4 is 11.0 Å². The van der Waals surface area contributed by atoms with Gasteiger partial charge in [-0.15, -0.1) is 0 Å². The summed E-state index contributed by atoms with van der Waals surface area (Å²) in [6.07, 6.45) is 3.76. The number of rotatable bonds is 0. The van der Waals surface area contributed by atoms with Crippen LogP contribution < -0.4 is 0 Å². The summed E-state index contributed by atoms with van der Waals surface area (Å²) in [6.45, 7) is 6.04. The topological polar surface area (TPSA) is 28.7 Å². The minimum absolute atomic E-state index is 0. The minimum Gasteiger partial charge on any atom is -0.346 e. The van der Waals surface area contributed by atoms with Crippen molar-refractivity contribution in [1.82, 2.24) is 9.97 Å². The van der Waals surface area contributed by atoms with Crippen LogP contribution in [0.2, 0.25) is 0 Å². The average molecular weight is 164 g/mol. The zero-order chi connectivity index (χ0) is 8.97. The third-order valence-corrected chi connectivity index (χ3v) is 1.54. The van der Waals surface area contributed by atoms with Crippen molar-refractivity contribution in [3.8, 4) is 0 Å². The lowest BCUT2D eigenvalue weighted by Gasteiger charge is -1.89. The molecule has 0 radical (unpaired) electrons. The van der Waals surface area contributed by atoms with E-state index >= 15 is 0 Å². The second-order valence-electron chi connectivity index (χ2n) is 2.43. The predicted molar refractivity (Wildman–Crippen MR) is 54.3 cm³/mol. The Morgan fingerprint density at radius 1 is 1.42 bits per heavy atom. The Kier molecular flexibility index (Phi) is 2.86. The van der Waals surface area contributed by atoms with Gasteiger partial charge in [0, 0.05) is 19.2 Å². The number of aryl methyl sites for hydroxylation is 1. The molecule has 2 heterocycles. The van der Waals surface area contributed by atoms with E-state index in [-0.39, 0.29) is 1.43 Å². The second-order valence-corrected chi connectivity index (χ2v) is 2.43. The van der Waals surface area contributed by atoms with Crippen molar-refractivity contribution in [2.75, 3.05) is 0 Å². The summed E-state index contributed by atoms with van der Waals surface area (Å²) in [4.78, 5) is 7.22. The number of nitrogens with one attached hydrogen (secondary N) is 1. The number of H-pyrrole nitrogens is 1. The maximum Gasteiger partial charge on any atom is 0.137 e. The first-order chi connectivity index (χ1) is 5.86. The highest BCUT2D eigenvalue weighted by Crippen LogP contribution is 2.09. The van der Waals surface area contributed by atoms with Gasteiger partial charge in [0.05, 0.1) is 0 Å². The van der Waals surface area contributed by atoms with Gasteiger partial charge in [-0.05, 0) is 24.6 Å². The molecule has 0 aromatic carbocycles. The number of aromatic nitrogens is 2. The Hall–Kier alpha value is -1.31. The number of hydrogen-bond donors (Lipinski definition) is 1. The molecule has 0 saturated carbocycles. The summed E-state index contributed by atoms with van der Waals surface area (Å²) in [6, 6.07) is 4.13. The molecule has 2 rings (SSSR count). The van der Waals surface area contributed by atoms with Crippen LogP contribution in [0.4, 0.5) is 0 Å². The van der Waals surface area contributed by atoms with Crippen molar-refractivity contribution in [2.24, 2.45) is 0 Å². The van der Waals surface area contributed by atoms with E-state index in [2.05, 4.69) is 16.0 Å². The second kappa shape index (κ2) is 3.90. The summed E-state index contributed by atoms with van der Waals surface area (Å²) >= 11 is 0. The summed E-state index contributed by atoms with van der Waals surface area (Å²) in [5.41, 5.74) is 2.16. The van der Waals surface area contributed by atoms with E-state index in [0.29, 0.717) is 0 Å². The Labute approximate surface area is 74.1 Å². The molecule has 2 nitrogen and oxygen atoms in total. The maximum atomic E-state index is 4.19. The number of hydrogen-bond acceptors (Lipinski definition) is 1. The van der Waals surface area contributed by atoms with Gasteiger partial charge in [0.15, 0.2) is 0 Å². The third kappa shape index (κ3) is 1.64. The van der Waals surface area contributed by atoms with Crippen molar-refractivity contribution in [3.63, 3.8) is 0 Å². The molecule has 0 spiro atoms. The molecule has 2 aromatic rings. The molecule has 0 aliphatic heterocycles. The molecular formula is C10H16N2. The van der Waals surface area contributed by atoms with Crippen LogP contribution >= 0.6 is 0 Å². The van der Waals surface area contributed by atoms with Crippen LogP contribution in [0.1, 0.15) is 20.8 Å². The van der Waals surface area contributed by atoms with E-state index in [9.17, 15) is 0 Å². The number of pyridine rings is 1. The van der Waals surface area contributed by atoms with Gasteiger partial charge in [0.25, 0.3) is 0 Å². The Bertz CT molecular complexity index is 354. The van der Waals surface area contributed by atoms with Gasteiger partial charge in [0.1, 0.15) is 5.65 Å². The molecule has 0 atom stereocenters. The summed E-state index contributed by atoms with van der Waals surface area (Å²) in [5.74, 6) is 0. The van der Waals surface area contributed by atoms with Gasteiger partial charge in [-0.25, -0.2) is 4.98 Å². The lowest BCUT2D eigenvalue weighted by molar-refractivity contribution is 1.29. The number of fused-ring (bicyclic) bond motifs is 1. The molecule has 0 amide bonds. The average Bonchev–Trinajstić information content (AvgIpc) is 2.54. The van der Waals surface area contributed by atoms with Crippen LogP contribution in [0.25, 0.3) is 11.0 Å². The van der Waals surface area contributed by atoms with Gasteiger partial charge in [-0.3, -0.25) is 0 Å². The summed E-state index contributed by atoms with van der Waals surface area (Å²) in [7, 11) is 0. The quantitative estimate of drug-likeness (QED) is 0.636. The lowest BCUT2D eigenvalue weighted by atomic mass is 10.2. The van der Waals surface area contributed by atoms with Crippen molar-refractivity contribution in [1.29, 1.82) is 0 Å². The predicted octanol–water partition coefficient (Wildman–Crippen LogP) is 3.14. The van der Waals surface area contributed by atoms with Crippen LogP contribution in [0, 0.1) is 6.92 Å². The van der Waals surface area contributed by atoms with Gasteiger partial charge >= 0.3 is 0 Å². The fraction of sp³-hybridized carbons (Fsp3) is 0.300. The van der Waals surface area contributed by atoms with Gasteiger partial charge < -0.3 is 4.98 Å².